The topological polar surface area (TPSA) is 80.6 Å². The Bertz CT molecular complexity index is 675. The van der Waals surface area contributed by atoms with E-state index in [0.29, 0.717) is 49.5 Å². The number of ether oxygens (including phenoxy) is 3. The van der Waals surface area contributed by atoms with Gasteiger partial charge < -0.3 is 19.5 Å². The molecule has 7 heteroatoms. The van der Waals surface area contributed by atoms with Crippen molar-refractivity contribution in [1.29, 1.82) is 5.26 Å². The molecule has 1 N–H and O–H groups in total. The number of hydrogen-bond acceptors (Lipinski definition) is 6. The highest BCUT2D eigenvalue weighted by atomic mass is 32.2. The van der Waals surface area contributed by atoms with E-state index in [4.69, 9.17) is 19.5 Å². The summed E-state index contributed by atoms with van der Waals surface area (Å²) in [6.45, 7) is 12.7. The number of amides is 1. The van der Waals surface area contributed by atoms with Gasteiger partial charge >= 0.3 is 0 Å². The third-order valence-corrected chi connectivity index (χ3v) is 4.95. The molecule has 0 bridgehead atoms. The van der Waals surface area contributed by atoms with Gasteiger partial charge in [0.05, 0.1) is 13.2 Å². The molecule has 168 valence electrons. The van der Waals surface area contributed by atoms with Crippen molar-refractivity contribution in [2.24, 2.45) is 11.8 Å². The monoisotopic (exact) mass is 436 g/mol. The SMILES string of the molecule is CC(C)CCCNC(=O)c1cccc(OCC(C)(OCCOCC(C)C)SC#N)c1. The number of carbonyl (C=O) groups excluding carboxylic acids is 1. The maximum atomic E-state index is 12.3. The summed E-state index contributed by atoms with van der Waals surface area (Å²) in [7, 11) is 0. The van der Waals surface area contributed by atoms with Crippen LogP contribution < -0.4 is 10.1 Å². The molecule has 6 nitrogen and oxygen atoms in total. The van der Waals surface area contributed by atoms with E-state index in [9.17, 15) is 4.79 Å². The summed E-state index contributed by atoms with van der Waals surface area (Å²) in [5.41, 5.74) is 0.551. The number of nitrogens with one attached hydrogen (secondary N) is 1. The highest BCUT2D eigenvalue weighted by Crippen LogP contribution is 2.27. The molecule has 1 aromatic rings. The van der Waals surface area contributed by atoms with E-state index in [0.717, 1.165) is 24.6 Å². The van der Waals surface area contributed by atoms with E-state index in [1.165, 1.54) is 0 Å². The highest BCUT2D eigenvalue weighted by molar-refractivity contribution is 8.04. The third kappa shape index (κ3) is 11.4. The minimum Gasteiger partial charge on any atom is -0.490 e. The van der Waals surface area contributed by atoms with E-state index >= 15 is 0 Å². The van der Waals surface area contributed by atoms with Crippen molar-refractivity contribution in [2.45, 2.75) is 52.4 Å². The average Bonchev–Trinajstić information content (AvgIpc) is 2.69. The van der Waals surface area contributed by atoms with Gasteiger partial charge in [-0.15, -0.1) is 0 Å². The molecular formula is C23H36N2O4S. The van der Waals surface area contributed by atoms with Gasteiger partial charge in [0.1, 0.15) is 17.8 Å². The van der Waals surface area contributed by atoms with Crippen molar-refractivity contribution >= 4 is 17.7 Å². The van der Waals surface area contributed by atoms with Crippen LogP contribution in [0.1, 0.15) is 57.8 Å². The molecule has 0 spiro atoms. The molecule has 1 amide bonds. The Hall–Kier alpha value is -1.75. The van der Waals surface area contributed by atoms with Crippen molar-refractivity contribution < 1.29 is 19.0 Å². The molecular weight excluding hydrogens is 400 g/mol. The Balaban J connectivity index is 2.54. The zero-order chi connectivity index (χ0) is 22.4. The Morgan fingerprint density at radius 3 is 2.67 bits per heavy atom. The Kier molecular flexibility index (Phi) is 12.5. The fraction of sp³-hybridized carbons (Fsp3) is 0.652. The predicted octanol–water partition coefficient (Wildman–Crippen LogP) is 4.85. The minimum atomic E-state index is -0.828. The standard InChI is InChI=1S/C23H36N2O4S/c1-18(2)8-7-11-25-22(26)20-9-6-10-21(14-20)28-16-23(5,30-17-24)29-13-12-27-15-19(3)4/h6,9-10,14,18-19H,7-8,11-13,15-16H2,1-5H3,(H,25,26). The molecule has 0 aliphatic carbocycles. The first-order chi connectivity index (χ1) is 14.3. The van der Waals surface area contributed by atoms with Crippen molar-refractivity contribution in [2.75, 3.05) is 33.0 Å². The average molecular weight is 437 g/mol. The largest absolute Gasteiger partial charge is 0.490 e. The second-order valence-corrected chi connectivity index (χ2v) is 9.50. The van der Waals surface area contributed by atoms with E-state index in [2.05, 4.69) is 38.4 Å². The molecule has 30 heavy (non-hydrogen) atoms. The van der Waals surface area contributed by atoms with Crippen LogP contribution in [0.3, 0.4) is 0 Å². The predicted molar refractivity (Wildman–Crippen MR) is 122 cm³/mol. The quantitative estimate of drug-likeness (QED) is 0.240. The molecule has 0 saturated carbocycles. The lowest BCUT2D eigenvalue weighted by Gasteiger charge is -2.26. The molecule has 0 fully saturated rings. The lowest BCUT2D eigenvalue weighted by Crippen LogP contribution is -2.33. The minimum absolute atomic E-state index is 0.114. The number of thiocyanates is 1. The summed E-state index contributed by atoms with van der Waals surface area (Å²) in [6.07, 6.45) is 2.04. The zero-order valence-electron chi connectivity index (χ0n) is 18.9. The van der Waals surface area contributed by atoms with Crippen LogP contribution in [-0.2, 0) is 9.47 Å². The van der Waals surface area contributed by atoms with Crippen LogP contribution in [0.2, 0.25) is 0 Å². The van der Waals surface area contributed by atoms with Gasteiger partial charge in [-0.3, -0.25) is 4.79 Å². The van der Waals surface area contributed by atoms with Gasteiger partial charge in [0.15, 0.2) is 4.93 Å². The number of nitrogens with zero attached hydrogens (tertiary/aromatic N) is 1. The second kappa shape index (κ2) is 14.3. The maximum absolute atomic E-state index is 12.3. The summed E-state index contributed by atoms with van der Waals surface area (Å²) in [4.78, 5) is 11.5. The number of benzene rings is 1. The number of rotatable bonds is 15. The van der Waals surface area contributed by atoms with Crippen molar-refractivity contribution in [3.63, 3.8) is 0 Å². The fourth-order valence-electron chi connectivity index (χ4n) is 2.59. The Labute approximate surface area is 185 Å². The van der Waals surface area contributed by atoms with E-state index < -0.39 is 4.93 Å². The molecule has 1 rings (SSSR count). The zero-order valence-corrected chi connectivity index (χ0v) is 19.7. The molecule has 0 aromatic heterocycles. The molecule has 0 aliphatic rings. The number of carbonyl (C=O) groups is 1. The van der Waals surface area contributed by atoms with Gasteiger partial charge in [-0.25, -0.2) is 0 Å². The second-order valence-electron chi connectivity index (χ2n) is 8.25. The van der Waals surface area contributed by atoms with Crippen LogP contribution in [0.5, 0.6) is 5.75 Å². The third-order valence-electron chi connectivity index (χ3n) is 4.19. The van der Waals surface area contributed by atoms with Crippen LogP contribution in [0.25, 0.3) is 0 Å². The van der Waals surface area contributed by atoms with Crippen molar-refractivity contribution in [3.05, 3.63) is 29.8 Å². The highest BCUT2D eigenvalue weighted by Gasteiger charge is 2.27. The summed E-state index contributed by atoms with van der Waals surface area (Å²) >= 11 is 1.01. The van der Waals surface area contributed by atoms with Crippen LogP contribution in [0, 0.1) is 22.5 Å². The molecule has 0 aliphatic heterocycles. The van der Waals surface area contributed by atoms with Crippen LogP contribution in [0.4, 0.5) is 0 Å². The van der Waals surface area contributed by atoms with Crippen LogP contribution in [0.15, 0.2) is 24.3 Å². The smallest absolute Gasteiger partial charge is 0.251 e. The van der Waals surface area contributed by atoms with E-state index in [-0.39, 0.29) is 12.5 Å². The summed E-state index contributed by atoms with van der Waals surface area (Å²) in [6, 6.07) is 7.05. The van der Waals surface area contributed by atoms with Crippen molar-refractivity contribution in [3.8, 4) is 11.2 Å². The number of hydrogen-bond donors (Lipinski definition) is 1. The normalized spacial score (nSPS) is 13.1. The summed E-state index contributed by atoms with van der Waals surface area (Å²) in [5, 5.41) is 14.1. The molecule has 0 radical (unpaired) electrons. The molecule has 1 unspecified atom stereocenters. The molecule has 1 aromatic carbocycles. The first-order valence-corrected chi connectivity index (χ1v) is 11.4. The van der Waals surface area contributed by atoms with E-state index in [1.54, 1.807) is 24.3 Å². The Morgan fingerprint density at radius 1 is 1.23 bits per heavy atom. The van der Waals surface area contributed by atoms with Gasteiger partial charge in [0.25, 0.3) is 5.91 Å². The molecule has 1 atom stereocenters. The van der Waals surface area contributed by atoms with Gasteiger partial charge in [-0.2, -0.15) is 5.26 Å². The van der Waals surface area contributed by atoms with Gasteiger partial charge in [-0.1, -0.05) is 33.8 Å². The summed E-state index contributed by atoms with van der Waals surface area (Å²) in [5.74, 6) is 1.54. The lowest BCUT2D eigenvalue weighted by molar-refractivity contribution is -0.0278. The molecule has 0 saturated heterocycles. The van der Waals surface area contributed by atoms with Crippen molar-refractivity contribution in [1.82, 2.24) is 5.32 Å². The Morgan fingerprint density at radius 2 is 2.00 bits per heavy atom. The number of thioether (sulfide) groups is 1. The fourth-order valence-corrected chi connectivity index (χ4v) is 3.04. The van der Waals surface area contributed by atoms with Crippen LogP contribution in [-0.4, -0.2) is 43.8 Å². The number of nitriles is 1. The van der Waals surface area contributed by atoms with E-state index in [1.807, 2.05) is 6.92 Å². The maximum Gasteiger partial charge on any atom is 0.251 e. The van der Waals surface area contributed by atoms with Gasteiger partial charge in [0.2, 0.25) is 0 Å². The molecule has 0 heterocycles. The first-order valence-electron chi connectivity index (χ1n) is 10.6. The lowest BCUT2D eigenvalue weighted by atomic mass is 10.1. The van der Waals surface area contributed by atoms with Crippen LogP contribution >= 0.6 is 11.8 Å². The first kappa shape index (κ1) is 26.3. The van der Waals surface area contributed by atoms with Gasteiger partial charge in [-0.05, 0) is 61.6 Å². The van der Waals surface area contributed by atoms with Gasteiger partial charge in [0, 0.05) is 18.7 Å². The summed E-state index contributed by atoms with van der Waals surface area (Å²) < 4.78 is 17.2.